The van der Waals surface area contributed by atoms with Crippen LogP contribution in [0.4, 0.5) is 0 Å². The summed E-state index contributed by atoms with van der Waals surface area (Å²) >= 11 is 3.13. The molecular weight excluding hydrogens is 200 g/mol. The lowest BCUT2D eigenvalue weighted by atomic mass is 10.0. The van der Waals surface area contributed by atoms with Gasteiger partial charge in [0.2, 0.25) is 0 Å². The maximum atomic E-state index is 5.42. The minimum Gasteiger partial charge on any atom is -0.247 e. The highest BCUT2D eigenvalue weighted by Gasteiger charge is 2.13. The number of hydrogen-bond acceptors (Lipinski definition) is 3. The summed E-state index contributed by atoms with van der Waals surface area (Å²) in [6.07, 6.45) is 0. The standard InChI is InChI=1S/C10H22OS2/c1-9(2,3)7-12-11-13-8-10(4,5)6/h7-8H2,1-6H3. The zero-order valence-corrected chi connectivity index (χ0v) is 11.3. The zero-order chi connectivity index (χ0) is 10.5. The molecule has 0 aliphatic carbocycles. The van der Waals surface area contributed by atoms with Gasteiger partial charge in [0.25, 0.3) is 0 Å². The molecule has 0 amide bonds. The highest BCUT2D eigenvalue weighted by molar-refractivity contribution is 8.07. The van der Waals surface area contributed by atoms with E-state index >= 15 is 0 Å². The van der Waals surface area contributed by atoms with Crippen LogP contribution in [-0.2, 0) is 3.63 Å². The van der Waals surface area contributed by atoms with Crippen LogP contribution >= 0.6 is 24.1 Å². The summed E-state index contributed by atoms with van der Waals surface area (Å²) in [5, 5.41) is 0. The van der Waals surface area contributed by atoms with Crippen molar-refractivity contribution in [2.75, 3.05) is 11.5 Å². The highest BCUT2D eigenvalue weighted by atomic mass is 32.2. The van der Waals surface area contributed by atoms with Crippen molar-refractivity contribution < 1.29 is 3.63 Å². The molecule has 0 aromatic rings. The molecule has 0 unspecified atom stereocenters. The van der Waals surface area contributed by atoms with E-state index in [4.69, 9.17) is 3.63 Å². The fourth-order valence-corrected chi connectivity index (χ4v) is 1.80. The molecule has 0 spiro atoms. The van der Waals surface area contributed by atoms with Crippen molar-refractivity contribution in [2.45, 2.75) is 41.5 Å². The monoisotopic (exact) mass is 222 g/mol. The molecule has 0 heterocycles. The molecule has 0 saturated heterocycles. The second kappa shape index (κ2) is 5.52. The van der Waals surface area contributed by atoms with Gasteiger partial charge in [0.1, 0.15) is 0 Å². The lowest BCUT2D eigenvalue weighted by Gasteiger charge is -2.18. The summed E-state index contributed by atoms with van der Waals surface area (Å²) in [7, 11) is 0. The Kier molecular flexibility index (Phi) is 5.80. The first-order chi connectivity index (χ1) is 5.71. The van der Waals surface area contributed by atoms with Crippen LogP contribution in [0.25, 0.3) is 0 Å². The van der Waals surface area contributed by atoms with Crippen molar-refractivity contribution in [1.29, 1.82) is 0 Å². The fraction of sp³-hybridized carbons (Fsp3) is 1.00. The minimum atomic E-state index is 0.354. The van der Waals surface area contributed by atoms with E-state index in [2.05, 4.69) is 41.5 Å². The van der Waals surface area contributed by atoms with Gasteiger partial charge >= 0.3 is 0 Å². The Balaban J connectivity index is 3.28. The highest BCUT2D eigenvalue weighted by Crippen LogP contribution is 2.28. The molecule has 0 N–H and O–H groups in total. The molecule has 0 rings (SSSR count). The summed E-state index contributed by atoms with van der Waals surface area (Å²) in [5.74, 6) is 2.09. The first kappa shape index (κ1) is 13.7. The molecule has 0 radical (unpaired) electrons. The van der Waals surface area contributed by atoms with E-state index in [0.717, 1.165) is 11.5 Å². The largest absolute Gasteiger partial charge is 0.247 e. The van der Waals surface area contributed by atoms with Crippen LogP contribution < -0.4 is 0 Å². The van der Waals surface area contributed by atoms with Gasteiger partial charge in [0.05, 0.1) is 0 Å². The molecule has 3 heteroatoms. The summed E-state index contributed by atoms with van der Waals surface area (Å²) in [6, 6.07) is 0. The number of hydrogen-bond donors (Lipinski definition) is 0. The van der Waals surface area contributed by atoms with Gasteiger partial charge in [-0.2, -0.15) is 0 Å². The molecule has 0 aliphatic heterocycles. The lowest BCUT2D eigenvalue weighted by Crippen LogP contribution is -2.09. The fourth-order valence-electron chi connectivity index (χ4n) is 0.436. The van der Waals surface area contributed by atoms with E-state index in [1.54, 1.807) is 24.1 Å². The third-order valence-corrected chi connectivity index (χ3v) is 3.82. The Labute approximate surface area is 91.8 Å². The third kappa shape index (κ3) is 12.7. The van der Waals surface area contributed by atoms with Gasteiger partial charge in [-0.15, -0.1) is 0 Å². The topological polar surface area (TPSA) is 9.23 Å². The maximum absolute atomic E-state index is 5.42. The van der Waals surface area contributed by atoms with Crippen LogP contribution in [0.5, 0.6) is 0 Å². The average molecular weight is 222 g/mol. The Bertz CT molecular complexity index is 117. The van der Waals surface area contributed by atoms with E-state index in [1.807, 2.05) is 0 Å². The van der Waals surface area contributed by atoms with Crippen LogP contribution in [0, 0.1) is 10.8 Å². The van der Waals surface area contributed by atoms with E-state index < -0.39 is 0 Å². The minimum absolute atomic E-state index is 0.354. The van der Waals surface area contributed by atoms with Crippen molar-refractivity contribution in [1.82, 2.24) is 0 Å². The molecule has 0 aromatic heterocycles. The van der Waals surface area contributed by atoms with Crippen molar-refractivity contribution in [3.63, 3.8) is 0 Å². The molecule has 0 bridgehead atoms. The van der Waals surface area contributed by atoms with Crippen molar-refractivity contribution in [3.8, 4) is 0 Å². The number of rotatable bonds is 4. The molecule has 13 heavy (non-hydrogen) atoms. The van der Waals surface area contributed by atoms with E-state index in [9.17, 15) is 0 Å². The summed E-state index contributed by atoms with van der Waals surface area (Å²) < 4.78 is 5.42. The quantitative estimate of drug-likeness (QED) is 0.516. The second-order valence-corrected chi connectivity index (χ2v) is 7.31. The SMILES string of the molecule is CC(C)(C)CSOSCC(C)(C)C. The van der Waals surface area contributed by atoms with E-state index in [-0.39, 0.29) is 0 Å². The van der Waals surface area contributed by atoms with Gasteiger partial charge in [-0.1, -0.05) is 41.5 Å². The zero-order valence-electron chi connectivity index (χ0n) is 9.64. The van der Waals surface area contributed by atoms with Gasteiger partial charge in [0, 0.05) is 35.6 Å². The van der Waals surface area contributed by atoms with Crippen LogP contribution in [0.1, 0.15) is 41.5 Å². The molecule has 80 valence electrons. The normalized spacial score (nSPS) is 13.4. The smallest absolute Gasteiger partial charge is 0.0259 e. The molecule has 0 aromatic carbocycles. The Morgan fingerprint density at radius 2 is 1.08 bits per heavy atom. The molecule has 0 saturated carbocycles. The maximum Gasteiger partial charge on any atom is 0.0259 e. The van der Waals surface area contributed by atoms with E-state index in [1.165, 1.54) is 0 Å². The van der Waals surface area contributed by atoms with Crippen LogP contribution in [0.3, 0.4) is 0 Å². The molecule has 0 fully saturated rings. The van der Waals surface area contributed by atoms with Gasteiger partial charge in [0.15, 0.2) is 0 Å². The first-order valence-electron chi connectivity index (χ1n) is 4.62. The molecule has 0 aliphatic rings. The molecule has 1 nitrogen and oxygen atoms in total. The summed E-state index contributed by atoms with van der Waals surface area (Å²) in [5.41, 5.74) is 0.708. The van der Waals surface area contributed by atoms with Gasteiger partial charge < -0.3 is 0 Å². The molecule has 0 atom stereocenters. The molecular formula is C10H22OS2. The van der Waals surface area contributed by atoms with Gasteiger partial charge in [-0.05, 0) is 10.8 Å². The predicted octanol–water partition coefficient (Wildman–Crippen LogP) is 4.39. The third-order valence-electron chi connectivity index (χ3n) is 1.08. The van der Waals surface area contributed by atoms with Crippen LogP contribution in [0.15, 0.2) is 0 Å². The predicted molar refractivity (Wildman–Crippen MR) is 64.9 cm³/mol. The lowest BCUT2D eigenvalue weighted by molar-refractivity contribution is 0.469. The van der Waals surface area contributed by atoms with Gasteiger partial charge in [-0.3, -0.25) is 0 Å². The van der Waals surface area contributed by atoms with Crippen molar-refractivity contribution >= 4 is 24.1 Å². The first-order valence-corrected chi connectivity index (χ1v) is 6.44. The van der Waals surface area contributed by atoms with Crippen molar-refractivity contribution in [3.05, 3.63) is 0 Å². The summed E-state index contributed by atoms with van der Waals surface area (Å²) in [6.45, 7) is 13.3. The Hall–Kier alpha value is 0.660. The van der Waals surface area contributed by atoms with Crippen molar-refractivity contribution in [2.24, 2.45) is 10.8 Å². The summed E-state index contributed by atoms with van der Waals surface area (Å²) in [4.78, 5) is 0. The Morgan fingerprint density at radius 1 is 0.769 bits per heavy atom. The van der Waals surface area contributed by atoms with Crippen LogP contribution in [-0.4, -0.2) is 11.5 Å². The van der Waals surface area contributed by atoms with Gasteiger partial charge in [-0.25, -0.2) is 3.63 Å². The average Bonchev–Trinajstić information content (AvgIpc) is 1.81. The second-order valence-electron chi connectivity index (χ2n) is 5.71. The Morgan fingerprint density at radius 3 is 1.31 bits per heavy atom. The van der Waals surface area contributed by atoms with Crippen LogP contribution in [0.2, 0.25) is 0 Å². The van der Waals surface area contributed by atoms with E-state index in [0.29, 0.717) is 10.8 Å².